The number of fused-ring (bicyclic) bond motifs is 1. The molecule has 1 aromatic rings. The van der Waals surface area contributed by atoms with Crippen molar-refractivity contribution >= 4 is 33.6 Å². The van der Waals surface area contributed by atoms with E-state index in [1.165, 1.54) is 12.4 Å². The lowest BCUT2D eigenvalue weighted by molar-refractivity contribution is 0.505. The minimum absolute atomic E-state index is 0.0318. The van der Waals surface area contributed by atoms with Crippen LogP contribution >= 0.6 is 15.9 Å². The second kappa shape index (κ2) is 2.52. The Kier molecular flexibility index (Phi) is 1.61. The van der Waals surface area contributed by atoms with Crippen LogP contribution in [-0.4, -0.2) is 6.34 Å². The van der Waals surface area contributed by atoms with Crippen molar-refractivity contribution in [3.63, 3.8) is 0 Å². The first kappa shape index (κ1) is 7.67. The molecule has 2 rings (SSSR count). The normalized spacial score (nSPS) is 12.9. The summed E-state index contributed by atoms with van der Waals surface area (Å²) in [7, 11) is 0. The highest BCUT2D eigenvalue weighted by Crippen LogP contribution is 2.36. The van der Waals surface area contributed by atoms with Gasteiger partial charge in [-0.25, -0.2) is 19.1 Å². The minimum Gasteiger partial charge on any atom is -0.235 e. The third kappa shape index (κ3) is 0.929. The van der Waals surface area contributed by atoms with Gasteiger partial charge >= 0.3 is 0 Å². The van der Waals surface area contributed by atoms with Gasteiger partial charge in [-0.3, -0.25) is 0 Å². The van der Waals surface area contributed by atoms with Gasteiger partial charge < -0.3 is 0 Å². The monoisotopic (exact) mass is 231 g/mol. The van der Waals surface area contributed by atoms with Gasteiger partial charge in [-0.1, -0.05) is 0 Å². The van der Waals surface area contributed by atoms with Crippen molar-refractivity contribution in [1.29, 1.82) is 0 Å². The van der Waals surface area contributed by atoms with Crippen LogP contribution in [0.15, 0.2) is 15.5 Å². The maximum Gasteiger partial charge on any atom is 0.187 e. The molecule has 0 amide bonds. The first-order valence-electron chi connectivity index (χ1n) is 3.11. The van der Waals surface area contributed by atoms with Gasteiger partial charge in [0.05, 0.1) is 10.2 Å². The van der Waals surface area contributed by atoms with E-state index in [4.69, 9.17) is 0 Å². The zero-order valence-electron chi connectivity index (χ0n) is 5.68. The summed E-state index contributed by atoms with van der Waals surface area (Å²) in [5.74, 6) is -1.89. The Morgan fingerprint density at radius 3 is 2.75 bits per heavy atom. The SMILES string of the molecule is Fc1c(Br)cc2c(c1F)[N]C=N2. The molecule has 0 N–H and O–H groups in total. The van der Waals surface area contributed by atoms with E-state index in [-0.39, 0.29) is 10.2 Å². The topological polar surface area (TPSA) is 26.5 Å². The van der Waals surface area contributed by atoms with Gasteiger partial charge in [0.25, 0.3) is 0 Å². The van der Waals surface area contributed by atoms with Crippen LogP contribution in [0.5, 0.6) is 0 Å². The molecule has 1 heterocycles. The largest absolute Gasteiger partial charge is 0.235 e. The fourth-order valence-electron chi connectivity index (χ4n) is 0.943. The number of aliphatic imine (C=N–C) groups is 1. The Balaban J connectivity index is 2.72. The van der Waals surface area contributed by atoms with Crippen LogP contribution in [0.3, 0.4) is 0 Å². The zero-order chi connectivity index (χ0) is 8.72. The highest BCUT2D eigenvalue weighted by molar-refractivity contribution is 9.10. The van der Waals surface area contributed by atoms with Crippen LogP contribution in [0, 0.1) is 11.6 Å². The van der Waals surface area contributed by atoms with E-state index in [2.05, 4.69) is 26.2 Å². The molecule has 0 unspecified atom stereocenters. The number of benzene rings is 1. The quantitative estimate of drug-likeness (QED) is 0.614. The average Bonchev–Trinajstić information content (AvgIpc) is 2.48. The molecule has 12 heavy (non-hydrogen) atoms. The van der Waals surface area contributed by atoms with Gasteiger partial charge in [0.1, 0.15) is 12.0 Å². The van der Waals surface area contributed by atoms with Crippen LogP contribution in [-0.2, 0) is 0 Å². The molecule has 0 fully saturated rings. The maximum absolute atomic E-state index is 13.0. The van der Waals surface area contributed by atoms with Gasteiger partial charge in [-0.2, -0.15) is 0 Å². The van der Waals surface area contributed by atoms with Crippen LogP contribution in [0.4, 0.5) is 20.2 Å². The second-order valence-electron chi connectivity index (χ2n) is 2.23. The highest BCUT2D eigenvalue weighted by atomic mass is 79.9. The van der Waals surface area contributed by atoms with Crippen LogP contribution in [0.25, 0.3) is 0 Å². The molecule has 1 radical (unpaired) electrons. The molecule has 1 aromatic carbocycles. The van der Waals surface area contributed by atoms with Crippen LogP contribution < -0.4 is 5.32 Å². The third-order valence-electron chi connectivity index (χ3n) is 1.50. The Labute approximate surface area is 75.4 Å². The van der Waals surface area contributed by atoms with E-state index in [1.807, 2.05) is 0 Å². The van der Waals surface area contributed by atoms with Gasteiger partial charge in [0.15, 0.2) is 11.6 Å². The predicted molar refractivity (Wildman–Crippen MR) is 44.0 cm³/mol. The van der Waals surface area contributed by atoms with Crippen molar-refractivity contribution in [3.8, 4) is 0 Å². The summed E-state index contributed by atoms with van der Waals surface area (Å²) in [6.07, 6.45) is 1.19. The Morgan fingerprint density at radius 1 is 1.25 bits per heavy atom. The standard InChI is InChI=1S/C7H2BrF2N2/c8-3-1-4-7(12-2-11-4)6(10)5(3)9/h1-2H. The summed E-state index contributed by atoms with van der Waals surface area (Å²) in [6.45, 7) is 0. The molecule has 0 saturated heterocycles. The maximum atomic E-state index is 13.0. The van der Waals surface area contributed by atoms with E-state index >= 15 is 0 Å². The summed E-state index contributed by atoms with van der Waals surface area (Å²) in [5.41, 5.74) is 0.316. The molecule has 0 saturated carbocycles. The summed E-state index contributed by atoms with van der Waals surface area (Å²) in [5, 5.41) is 3.57. The summed E-state index contributed by atoms with van der Waals surface area (Å²) in [4.78, 5) is 3.73. The Bertz CT molecular complexity index is 376. The van der Waals surface area contributed by atoms with Gasteiger partial charge in [0, 0.05) is 0 Å². The molecule has 2 nitrogen and oxygen atoms in total. The summed E-state index contributed by atoms with van der Waals surface area (Å²) < 4.78 is 25.9. The Hall–Kier alpha value is -0.970. The molecule has 0 atom stereocenters. The molecule has 5 heteroatoms. The fourth-order valence-corrected chi connectivity index (χ4v) is 1.33. The average molecular weight is 232 g/mol. The van der Waals surface area contributed by atoms with E-state index in [9.17, 15) is 8.78 Å². The van der Waals surface area contributed by atoms with Gasteiger partial charge in [0.2, 0.25) is 0 Å². The second-order valence-corrected chi connectivity index (χ2v) is 3.08. The molecule has 1 aliphatic heterocycles. The van der Waals surface area contributed by atoms with Crippen LogP contribution in [0.1, 0.15) is 0 Å². The summed E-state index contributed by atoms with van der Waals surface area (Å²) >= 11 is 2.87. The molecular formula is C7H2BrF2N2. The van der Waals surface area contributed by atoms with E-state index < -0.39 is 11.6 Å². The number of rotatable bonds is 0. The fraction of sp³-hybridized carbons (Fsp3) is 0. The lowest BCUT2D eigenvalue weighted by atomic mass is 10.2. The number of hydrogen-bond acceptors (Lipinski definition) is 1. The molecular weight excluding hydrogens is 230 g/mol. The van der Waals surface area contributed by atoms with Crippen molar-refractivity contribution in [1.82, 2.24) is 5.32 Å². The van der Waals surface area contributed by atoms with Gasteiger partial charge in [-0.05, 0) is 22.0 Å². The van der Waals surface area contributed by atoms with Crippen molar-refractivity contribution in [2.45, 2.75) is 0 Å². The van der Waals surface area contributed by atoms with Crippen molar-refractivity contribution < 1.29 is 8.78 Å². The molecule has 0 bridgehead atoms. The lowest BCUT2D eigenvalue weighted by Gasteiger charge is -2.00. The number of hydrogen-bond donors (Lipinski definition) is 0. The molecule has 0 spiro atoms. The van der Waals surface area contributed by atoms with Gasteiger partial charge in [-0.15, -0.1) is 0 Å². The number of nitrogens with zero attached hydrogens (tertiary/aromatic N) is 2. The first-order chi connectivity index (χ1) is 5.70. The van der Waals surface area contributed by atoms with E-state index in [0.29, 0.717) is 5.69 Å². The molecule has 0 aromatic heterocycles. The molecule has 1 aliphatic rings. The van der Waals surface area contributed by atoms with Crippen molar-refractivity contribution in [2.75, 3.05) is 0 Å². The highest BCUT2D eigenvalue weighted by Gasteiger charge is 2.19. The van der Waals surface area contributed by atoms with Crippen LogP contribution in [0.2, 0.25) is 0 Å². The van der Waals surface area contributed by atoms with E-state index in [1.54, 1.807) is 0 Å². The number of halogens is 3. The van der Waals surface area contributed by atoms with Crippen molar-refractivity contribution in [2.24, 2.45) is 4.99 Å². The zero-order valence-corrected chi connectivity index (χ0v) is 7.27. The smallest absolute Gasteiger partial charge is 0.187 e. The van der Waals surface area contributed by atoms with Crippen molar-refractivity contribution in [3.05, 3.63) is 22.2 Å². The lowest BCUT2D eigenvalue weighted by Crippen LogP contribution is -1.93. The Morgan fingerprint density at radius 2 is 2.00 bits per heavy atom. The molecule has 61 valence electrons. The third-order valence-corrected chi connectivity index (χ3v) is 2.08. The molecule has 0 aliphatic carbocycles. The summed E-state index contributed by atoms with van der Waals surface area (Å²) in [6, 6.07) is 1.39. The minimum atomic E-state index is -0.961. The van der Waals surface area contributed by atoms with E-state index in [0.717, 1.165) is 0 Å². The first-order valence-corrected chi connectivity index (χ1v) is 3.90. The predicted octanol–water partition coefficient (Wildman–Crippen LogP) is 2.64.